The molecule has 2 N–H and O–H groups in total. The van der Waals surface area contributed by atoms with E-state index in [1.807, 2.05) is 0 Å². The van der Waals surface area contributed by atoms with Gasteiger partial charge in [-0.3, -0.25) is 0 Å². The number of aromatic carboxylic acids is 1. The normalized spacial score (nSPS) is 9.83. The molecule has 64 valence electrons. The van der Waals surface area contributed by atoms with E-state index < -0.39 is 5.97 Å². The molecule has 0 heterocycles. The molecule has 0 spiro atoms. The number of carboxylic acids is 1. The van der Waals surface area contributed by atoms with Crippen LogP contribution < -0.4 is 0 Å². The molecule has 0 unspecified atom stereocenters. The number of hydrogen-bond acceptors (Lipinski definition) is 2. The average molecular weight is 187 g/mol. The number of aliphatic hydroxyl groups excluding tert-OH is 1. The molecule has 0 aliphatic heterocycles. The van der Waals surface area contributed by atoms with Gasteiger partial charge in [0.05, 0.1) is 17.2 Å². The maximum Gasteiger partial charge on any atom is 0.337 e. The Morgan fingerprint density at radius 2 is 2.17 bits per heavy atom. The van der Waals surface area contributed by atoms with Crippen molar-refractivity contribution in [2.75, 3.05) is 0 Å². The molecular weight excluding hydrogens is 180 g/mol. The van der Waals surface area contributed by atoms with E-state index in [4.69, 9.17) is 21.8 Å². The van der Waals surface area contributed by atoms with Crippen molar-refractivity contribution >= 4 is 17.6 Å². The lowest BCUT2D eigenvalue weighted by atomic mass is 10.1. The zero-order chi connectivity index (χ0) is 9.14. The zero-order valence-electron chi connectivity index (χ0n) is 6.12. The van der Waals surface area contributed by atoms with Gasteiger partial charge in [-0.05, 0) is 11.6 Å². The molecule has 0 aliphatic rings. The van der Waals surface area contributed by atoms with Crippen molar-refractivity contribution in [3.05, 3.63) is 34.3 Å². The summed E-state index contributed by atoms with van der Waals surface area (Å²) in [5.74, 6) is -1.12. The van der Waals surface area contributed by atoms with Crippen LogP contribution in [-0.2, 0) is 6.61 Å². The lowest BCUT2D eigenvalue weighted by Gasteiger charge is -2.03. The first-order chi connectivity index (χ1) is 5.66. The van der Waals surface area contributed by atoms with Crippen LogP contribution in [0.3, 0.4) is 0 Å². The molecule has 0 bridgehead atoms. The number of benzene rings is 1. The smallest absolute Gasteiger partial charge is 0.337 e. The van der Waals surface area contributed by atoms with Crippen LogP contribution in [0.2, 0.25) is 5.02 Å². The van der Waals surface area contributed by atoms with Gasteiger partial charge >= 0.3 is 5.97 Å². The Morgan fingerprint density at radius 1 is 1.50 bits per heavy atom. The van der Waals surface area contributed by atoms with Gasteiger partial charge in [-0.25, -0.2) is 4.79 Å². The number of aliphatic hydroxyl groups is 1. The first-order valence-corrected chi connectivity index (χ1v) is 3.66. The Kier molecular flexibility index (Phi) is 2.68. The SMILES string of the molecule is O=C(O)c1c(Cl)cccc1CO. The van der Waals surface area contributed by atoms with Gasteiger partial charge in [0.2, 0.25) is 0 Å². The number of halogens is 1. The fourth-order valence-electron chi connectivity index (χ4n) is 0.940. The van der Waals surface area contributed by atoms with Crippen LogP contribution in [0.15, 0.2) is 18.2 Å². The summed E-state index contributed by atoms with van der Waals surface area (Å²) in [7, 11) is 0. The van der Waals surface area contributed by atoms with Gasteiger partial charge in [0.1, 0.15) is 0 Å². The Bertz CT molecular complexity index is 309. The highest BCUT2D eigenvalue weighted by atomic mass is 35.5. The molecule has 0 saturated heterocycles. The minimum absolute atomic E-state index is 0.0262. The van der Waals surface area contributed by atoms with Gasteiger partial charge in [0.15, 0.2) is 0 Å². The van der Waals surface area contributed by atoms with Gasteiger partial charge in [-0.2, -0.15) is 0 Å². The molecule has 1 aromatic rings. The Hall–Kier alpha value is -1.06. The summed E-state index contributed by atoms with van der Waals surface area (Å²) < 4.78 is 0. The first-order valence-electron chi connectivity index (χ1n) is 3.28. The van der Waals surface area contributed by atoms with E-state index in [2.05, 4.69) is 0 Å². The Labute approximate surface area is 74.2 Å². The summed E-state index contributed by atoms with van der Waals surface area (Å²) in [6.07, 6.45) is 0. The van der Waals surface area contributed by atoms with Gasteiger partial charge in [-0.15, -0.1) is 0 Å². The van der Waals surface area contributed by atoms with Crippen LogP contribution in [0, 0.1) is 0 Å². The molecule has 4 heteroatoms. The summed E-state index contributed by atoms with van der Waals surface area (Å²) >= 11 is 5.61. The van der Waals surface area contributed by atoms with Crippen molar-refractivity contribution in [2.45, 2.75) is 6.61 Å². The van der Waals surface area contributed by atoms with E-state index in [-0.39, 0.29) is 17.2 Å². The van der Waals surface area contributed by atoms with Crippen molar-refractivity contribution in [1.29, 1.82) is 0 Å². The molecule has 3 nitrogen and oxygen atoms in total. The maximum atomic E-state index is 10.6. The molecular formula is C8H7ClO3. The van der Waals surface area contributed by atoms with Crippen molar-refractivity contribution < 1.29 is 15.0 Å². The lowest BCUT2D eigenvalue weighted by molar-refractivity contribution is 0.0693. The van der Waals surface area contributed by atoms with Gasteiger partial charge < -0.3 is 10.2 Å². The molecule has 1 aromatic carbocycles. The standard InChI is InChI=1S/C8H7ClO3/c9-6-3-1-2-5(4-10)7(6)8(11)12/h1-3,10H,4H2,(H,11,12). The van der Waals surface area contributed by atoms with Gasteiger partial charge in [0.25, 0.3) is 0 Å². The fraction of sp³-hybridized carbons (Fsp3) is 0.125. The van der Waals surface area contributed by atoms with Crippen LogP contribution in [0.1, 0.15) is 15.9 Å². The molecule has 0 aliphatic carbocycles. The fourth-order valence-corrected chi connectivity index (χ4v) is 1.22. The summed E-state index contributed by atoms with van der Waals surface area (Å²) in [4.78, 5) is 10.6. The molecule has 0 aromatic heterocycles. The van der Waals surface area contributed by atoms with Crippen LogP contribution in [-0.4, -0.2) is 16.2 Å². The van der Waals surface area contributed by atoms with Crippen molar-refractivity contribution in [3.63, 3.8) is 0 Å². The molecule has 0 saturated carbocycles. The highest BCUT2D eigenvalue weighted by Crippen LogP contribution is 2.19. The maximum absolute atomic E-state index is 10.6. The van der Waals surface area contributed by atoms with E-state index in [1.165, 1.54) is 12.1 Å². The second-order valence-corrected chi connectivity index (χ2v) is 2.64. The summed E-state index contributed by atoms with van der Waals surface area (Å²) in [5, 5.41) is 17.6. The van der Waals surface area contributed by atoms with Gasteiger partial charge in [-0.1, -0.05) is 23.7 Å². The summed E-state index contributed by atoms with van der Waals surface area (Å²) in [6.45, 7) is -0.317. The third-order valence-corrected chi connectivity index (χ3v) is 1.80. The molecule has 0 fully saturated rings. The second-order valence-electron chi connectivity index (χ2n) is 2.24. The Morgan fingerprint density at radius 3 is 2.58 bits per heavy atom. The molecule has 1 rings (SSSR count). The number of hydrogen-bond donors (Lipinski definition) is 2. The molecule has 0 amide bonds. The zero-order valence-corrected chi connectivity index (χ0v) is 6.88. The van der Waals surface area contributed by atoms with E-state index in [1.54, 1.807) is 6.07 Å². The van der Waals surface area contributed by atoms with Crippen molar-refractivity contribution in [1.82, 2.24) is 0 Å². The van der Waals surface area contributed by atoms with Crippen LogP contribution in [0.25, 0.3) is 0 Å². The van der Waals surface area contributed by atoms with Crippen LogP contribution in [0.4, 0.5) is 0 Å². The quantitative estimate of drug-likeness (QED) is 0.737. The summed E-state index contributed by atoms with van der Waals surface area (Å²) in [6, 6.07) is 4.60. The number of carbonyl (C=O) groups is 1. The molecule has 12 heavy (non-hydrogen) atoms. The monoisotopic (exact) mass is 186 g/mol. The van der Waals surface area contributed by atoms with E-state index in [0.717, 1.165) is 0 Å². The van der Waals surface area contributed by atoms with Gasteiger partial charge in [0, 0.05) is 0 Å². The van der Waals surface area contributed by atoms with Crippen molar-refractivity contribution in [3.8, 4) is 0 Å². The minimum Gasteiger partial charge on any atom is -0.478 e. The predicted octanol–water partition coefficient (Wildman–Crippen LogP) is 1.53. The molecule has 0 radical (unpaired) electrons. The van der Waals surface area contributed by atoms with Crippen LogP contribution >= 0.6 is 11.6 Å². The Balaban J connectivity index is 3.29. The number of carboxylic acid groups (broad SMARTS) is 1. The lowest BCUT2D eigenvalue weighted by Crippen LogP contribution is -2.03. The highest BCUT2D eigenvalue weighted by Gasteiger charge is 2.12. The van der Waals surface area contributed by atoms with E-state index in [0.29, 0.717) is 5.56 Å². The highest BCUT2D eigenvalue weighted by molar-refractivity contribution is 6.33. The average Bonchev–Trinajstić information content (AvgIpc) is 2.03. The van der Waals surface area contributed by atoms with Crippen LogP contribution in [0.5, 0.6) is 0 Å². The largest absolute Gasteiger partial charge is 0.478 e. The van der Waals surface area contributed by atoms with Crippen molar-refractivity contribution in [2.24, 2.45) is 0 Å². The second kappa shape index (κ2) is 3.56. The summed E-state index contributed by atoms with van der Waals surface area (Å²) in [5.41, 5.74) is 0.302. The van der Waals surface area contributed by atoms with E-state index in [9.17, 15) is 4.79 Å². The third-order valence-electron chi connectivity index (χ3n) is 1.48. The first kappa shape index (κ1) is 9.03. The molecule has 0 atom stereocenters. The predicted molar refractivity (Wildman–Crippen MR) is 44.3 cm³/mol. The third kappa shape index (κ3) is 1.57. The topological polar surface area (TPSA) is 57.5 Å². The number of rotatable bonds is 2. The minimum atomic E-state index is -1.12. The van der Waals surface area contributed by atoms with E-state index >= 15 is 0 Å².